The van der Waals surface area contributed by atoms with Crippen LogP contribution in [0.15, 0.2) is 18.2 Å². The Morgan fingerprint density at radius 3 is 2.48 bits per heavy atom. The van der Waals surface area contributed by atoms with Crippen LogP contribution in [0.5, 0.6) is 0 Å². The third-order valence-electron chi connectivity index (χ3n) is 5.20. The van der Waals surface area contributed by atoms with E-state index in [0.717, 1.165) is 18.0 Å². The van der Waals surface area contributed by atoms with Gasteiger partial charge < -0.3 is 9.80 Å². The minimum atomic E-state index is 0.622. The lowest BCUT2D eigenvalue weighted by atomic mass is 9.95. The highest BCUT2D eigenvalue weighted by Gasteiger charge is 2.24. The molecule has 1 aromatic rings. The van der Waals surface area contributed by atoms with Crippen LogP contribution in [0, 0.1) is 6.92 Å². The van der Waals surface area contributed by atoms with E-state index in [2.05, 4.69) is 62.8 Å². The van der Waals surface area contributed by atoms with Gasteiger partial charge in [0, 0.05) is 23.3 Å². The average molecular weight is 335 g/mol. The second-order valence-corrected chi connectivity index (χ2v) is 7.02. The third-order valence-corrected chi connectivity index (χ3v) is 5.42. The number of hydrogen-bond acceptors (Lipinski definition) is 2. The van der Waals surface area contributed by atoms with E-state index in [9.17, 15) is 0 Å². The van der Waals surface area contributed by atoms with Gasteiger partial charge in [0.15, 0.2) is 0 Å². The normalized spacial score (nSPS) is 17.6. The Balaban J connectivity index is 2.40. The molecule has 1 aliphatic heterocycles. The number of rotatable bonds is 5. The fourth-order valence-corrected chi connectivity index (χ4v) is 3.99. The topological polar surface area (TPSA) is 6.48 Å². The van der Waals surface area contributed by atoms with Crippen LogP contribution in [0.25, 0.3) is 5.57 Å². The summed E-state index contributed by atoms with van der Waals surface area (Å²) in [6.45, 7) is 12.2. The number of anilines is 1. The number of hydrogen-bond donors (Lipinski definition) is 0. The maximum absolute atomic E-state index is 6.48. The minimum Gasteiger partial charge on any atom is -0.368 e. The summed E-state index contributed by atoms with van der Waals surface area (Å²) in [4.78, 5) is 5.00. The van der Waals surface area contributed by atoms with Crippen LogP contribution in [-0.4, -0.2) is 37.6 Å². The van der Waals surface area contributed by atoms with Gasteiger partial charge in [0.05, 0.1) is 0 Å². The predicted molar refractivity (Wildman–Crippen MR) is 104 cm³/mol. The predicted octanol–water partition coefficient (Wildman–Crippen LogP) is 5.38. The highest BCUT2D eigenvalue weighted by molar-refractivity contribution is 6.31. The van der Waals surface area contributed by atoms with Crippen LogP contribution in [0.1, 0.15) is 51.2 Å². The molecule has 0 bridgehead atoms. The second kappa shape index (κ2) is 8.21. The summed E-state index contributed by atoms with van der Waals surface area (Å²) in [5.41, 5.74) is 5.37. The van der Waals surface area contributed by atoms with Crippen LogP contribution in [0.4, 0.5) is 5.69 Å². The molecular formula is C20H31ClN2. The molecule has 2 rings (SSSR count). The average Bonchev–Trinajstić information content (AvgIpc) is 2.55. The van der Waals surface area contributed by atoms with Crippen molar-refractivity contribution in [3.8, 4) is 0 Å². The van der Waals surface area contributed by atoms with Crippen LogP contribution in [0.3, 0.4) is 0 Å². The Hall–Kier alpha value is -0.990. The van der Waals surface area contributed by atoms with Gasteiger partial charge in [-0.1, -0.05) is 24.6 Å². The van der Waals surface area contributed by atoms with Gasteiger partial charge in [0.25, 0.3) is 0 Å². The number of allylic oxidation sites excluding steroid dienone is 2. The largest absolute Gasteiger partial charge is 0.368 e. The summed E-state index contributed by atoms with van der Waals surface area (Å²) < 4.78 is 0. The van der Waals surface area contributed by atoms with Crippen molar-refractivity contribution >= 4 is 22.9 Å². The van der Waals surface area contributed by atoms with Crippen molar-refractivity contribution in [3.05, 3.63) is 34.4 Å². The Morgan fingerprint density at radius 2 is 1.96 bits per heavy atom. The highest BCUT2D eigenvalue weighted by atomic mass is 35.5. The first-order valence-electron chi connectivity index (χ1n) is 8.92. The number of likely N-dealkylation sites (tertiary alicyclic amines) is 1. The molecule has 0 N–H and O–H groups in total. The maximum Gasteiger partial charge on any atom is 0.0432 e. The zero-order chi connectivity index (χ0) is 17.0. The maximum atomic E-state index is 6.48. The van der Waals surface area contributed by atoms with Gasteiger partial charge in [0.1, 0.15) is 0 Å². The van der Waals surface area contributed by atoms with Crippen molar-refractivity contribution in [1.82, 2.24) is 4.90 Å². The fourth-order valence-electron chi connectivity index (χ4n) is 3.78. The molecule has 0 aliphatic carbocycles. The first-order chi connectivity index (χ1) is 11.0. The van der Waals surface area contributed by atoms with Crippen LogP contribution >= 0.6 is 11.6 Å². The number of nitrogens with zero attached hydrogens (tertiary/aromatic N) is 2. The van der Waals surface area contributed by atoms with Gasteiger partial charge in [-0.15, -0.1) is 0 Å². The van der Waals surface area contributed by atoms with Gasteiger partial charge in [-0.2, -0.15) is 0 Å². The zero-order valence-corrected chi connectivity index (χ0v) is 16.1. The molecule has 0 amide bonds. The van der Waals surface area contributed by atoms with Crippen molar-refractivity contribution in [2.75, 3.05) is 31.6 Å². The Bertz CT molecular complexity index is 557. The van der Waals surface area contributed by atoms with Gasteiger partial charge in [-0.25, -0.2) is 0 Å². The Morgan fingerprint density at radius 1 is 1.30 bits per heavy atom. The standard InChI is InChI=1S/C20H31ClN2/c1-6-16(7-2)19-13-17(21)14-20(15(19)4)23(8-3)18-9-11-22(5)12-10-18/h6,13-14,18H,7-12H2,1-5H3. The van der Waals surface area contributed by atoms with E-state index in [1.165, 1.54) is 48.3 Å². The van der Waals surface area contributed by atoms with E-state index >= 15 is 0 Å². The number of benzene rings is 1. The summed E-state index contributed by atoms with van der Waals surface area (Å²) in [5.74, 6) is 0. The molecule has 1 aromatic carbocycles. The van der Waals surface area contributed by atoms with Gasteiger partial charge >= 0.3 is 0 Å². The first kappa shape index (κ1) is 18.4. The van der Waals surface area contributed by atoms with Crippen molar-refractivity contribution in [1.29, 1.82) is 0 Å². The fraction of sp³-hybridized carbons (Fsp3) is 0.600. The van der Waals surface area contributed by atoms with Gasteiger partial charge in [0.2, 0.25) is 0 Å². The van der Waals surface area contributed by atoms with Crippen LogP contribution in [0.2, 0.25) is 5.02 Å². The molecule has 23 heavy (non-hydrogen) atoms. The molecule has 0 saturated carbocycles. The number of piperidine rings is 1. The zero-order valence-electron chi connectivity index (χ0n) is 15.3. The summed E-state index contributed by atoms with van der Waals surface area (Å²) in [7, 11) is 2.22. The Labute approximate surface area is 147 Å². The van der Waals surface area contributed by atoms with E-state index in [1.807, 2.05) is 0 Å². The molecule has 1 heterocycles. The molecular weight excluding hydrogens is 304 g/mol. The van der Waals surface area contributed by atoms with Gasteiger partial charge in [-0.3, -0.25) is 0 Å². The molecule has 0 radical (unpaired) electrons. The van der Waals surface area contributed by atoms with Crippen molar-refractivity contribution in [3.63, 3.8) is 0 Å². The number of halogens is 1. The highest BCUT2D eigenvalue weighted by Crippen LogP contribution is 2.35. The lowest BCUT2D eigenvalue weighted by molar-refractivity contribution is 0.250. The Kier molecular flexibility index (Phi) is 6.55. The lowest BCUT2D eigenvalue weighted by Crippen LogP contribution is -2.44. The molecule has 1 saturated heterocycles. The summed E-state index contributed by atoms with van der Waals surface area (Å²) in [6, 6.07) is 4.91. The monoisotopic (exact) mass is 334 g/mol. The molecule has 2 nitrogen and oxygen atoms in total. The van der Waals surface area contributed by atoms with E-state index in [4.69, 9.17) is 11.6 Å². The van der Waals surface area contributed by atoms with Crippen molar-refractivity contribution < 1.29 is 0 Å². The summed E-state index contributed by atoms with van der Waals surface area (Å²) >= 11 is 6.48. The van der Waals surface area contributed by atoms with Crippen LogP contribution in [-0.2, 0) is 0 Å². The summed E-state index contributed by atoms with van der Waals surface area (Å²) in [6.07, 6.45) is 5.72. The molecule has 0 spiro atoms. The molecule has 0 unspecified atom stereocenters. The first-order valence-corrected chi connectivity index (χ1v) is 9.30. The van der Waals surface area contributed by atoms with E-state index in [0.29, 0.717) is 6.04 Å². The second-order valence-electron chi connectivity index (χ2n) is 6.59. The van der Waals surface area contributed by atoms with E-state index in [-0.39, 0.29) is 0 Å². The van der Waals surface area contributed by atoms with E-state index in [1.54, 1.807) is 0 Å². The van der Waals surface area contributed by atoms with Gasteiger partial charge in [-0.05, 0) is 89.0 Å². The smallest absolute Gasteiger partial charge is 0.0432 e. The lowest BCUT2D eigenvalue weighted by Gasteiger charge is -2.39. The summed E-state index contributed by atoms with van der Waals surface area (Å²) in [5, 5.41) is 0.847. The molecule has 0 atom stereocenters. The SMILES string of the molecule is CC=C(CC)c1cc(Cl)cc(N(CC)C2CCN(C)CC2)c1C. The quantitative estimate of drug-likeness (QED) is 0.713. The third kappa shape index (κ3) is 4.10. The molecule has 128 valence electrons. The molecule has 1 aliphatic rings. The molecule has 0 aromatic heterocycles. The molecule has 1 fully saturated rings. The van der Waals surface area contributed by atoms with Crippen molar-refractivity contribution in [2.45, 2.75) is 53.0 Å². The minimum absolute atomic E-state index is 0.622. The van der Waals surface area contributed by atoms with Crippen molar-refractivity contribution in [2.24, 2.45) is 0 Å². The van der Waals surface area contributed by atoms with Crippen LogP contribution < -0.4 is 4.90 Å². The molecule has 3 heteroatoms. The van der Waals surface area contributed by atoms with E-state index < -0.39 is 0 Å².